The fraction of sp³-hybridized carbons (Fsp3) is 0.444. The zero-order chi connectivity index (χ0) is 16.2. The Labute approximate surface area is 132 Å². The highest BCUT2D eigenvalue weighted by atomic mass is 16.7. The molecule has 0 heterocycles. The molecule has 2 aromatic carbocycles. The van der Waals surface area contributed by atoms with Crippen LogP contribution in [-0.4, -0.2) is 31.5 Å². The molecule has 0 spiro atoms. The van der Waals surface area contributed by atoms with Gasteiger partial charge in [-0.1, -0.05) is 43.3 Å². The maximum absolute atomic E-state index is 9.95. The third kappa shape index (κ3) is 3.47. The van der Waals surface area contributed by atoms with Crippen molar-refractivity contribution in [2.45, 2.75) is 38.8 Å². The van der Waals surface area contributed by atoms with Crippen LogP contribution in [0, 0.1) is 6.92 Å². The van der Waals surface area contributed by atoms with Gasteiger partial charge in [-0.2, -0.15) is 0 Å². The van der Waals surface area contributed by atoms with Crippen LogP contribution < -0.4 is 5.32 Å². The smallest absolute Gasteiger partial charge is 0.233 e. The summed E-state index contributed by atoms with van der Waals surface area (Å²) in [5.74, 6) is -1.05. The first-order valence-electron chi connectivity index (χ1n) is 7.58. The monoisotopic (exact) mass is 303 g/mol. The molecule has 4 nitrogen and oxygen atoms in total. The van der Waals surface area contributed by atoms with E-state index in [9.17, 15) is 5.11 Å². The first-order chi connectivity index (χ1) is 10.5. The van der Waals surface area contributed by atoms with Gasteiger partial charge in [-0.05, 0) is 35.2 Å². The molecule has 0 amide bonds. The molecule has 0 saturated heterocycles. The van der Waals surface area contributed by atoms with E-state index in [0.717, 1.165) is 5.56 Å². The molecule has 2 rings (SSSR count). The number of hydrogen-bond acceptors (Lipinski definition) is 4. The number of rotatable bonds is 7. The first-order valence-corrected chi connectivity index (χ1v) is 7.58. The second kappa shape index (κ2) is 7.20. The molecule has 0 aromatic heterocycles. The molecule has 0 bridgehead atoms. The van der Waals surface area contributed by atoms with E-state index in [1.165, 1.54) is 16.3 Å². The lowest BCUT2D eigenvalue weighted by Crippen LogP contribution is -2.54. The zero-order valence-corrected chi connectivity index (χ0v) is 13.7. The van der Waals surface area contributed by atoms with Gasteiger partial charge < -0.3 is 14.6 Å². The standard InChI is InChI=1S/C18H25NO3/c1-5-17(20)19-18(21-3,22-4)12-16-13(2)10-11-14-8-6-7-9-15(14)16/h6-11,17,19-20H,5,12H2,1-4H3. The van der Waals surface area contributed by atoms with E-state index >= 15 is 0 Å². The Hall–Kier alpha value is -1.46. The van der Waals surface area contributed by atoms with Crippen LogP contribution in [0.4, 0.5) is 0 Å². The minimum atomic E-state index is -1.05. The van der Waals surface area contributed by atoms with Crippen molar-refractivity contribution in [2.24, 2.45) is 0 Å². The summed E-state index contributed by atoms with van der Waals surface area (Å²) in [6, 6.07) is 12.5. The van der Waals surface area contributed by atoms with Gasteiger partial charge in [0.15, 0.2) is 0 Å². The summed E-state index contributed by atoms with van der Waals surface area (Å²) in [4.78, 5) is 0. The number of nitrogens with one attached hydrogen (secondary N) is 1. The molecular weight excluding hydrogens is 278 g/mol. The minimum Gasteiger partial charge on any atom is -0.378 e. The van der Waals surface area contributed by atoms with Crippen molar-refractivity contribution in [1.82, 2.24) is 5.32 Å². The maximum Gasteiger partial charge on any atom is 0.233 e. The van der Waals surface area contributed by atoms with Crippen molar-refractivity contribution in [2.75, 3.05) is 14.2 Å². The van der Waals surface area contributed by atoms with Gasteiger partial charge in [-0.15, -0.1) is 0 Å². The fourth-order valence-corrected chi connectivity index (χ4v) is 2.66. The van der Waals surface area contributed by atoms with Crippen molar-refractivity contribution >= 4 is 10.8 Å². The SMILES string of the molecule is CCC(O)NC(Cc1c(C)ccc2ccccc12)(OC)OC. The van der Waals surface area contributed by atoms with E-state index in [-0.39, 0.29) is 0 Å². The van der Waals surface area contributed by atoms with E-state index in [2.05, 4.69) is 36.5 Å². The number of aliphatic hydroxyl groups excluding tert-OH is 1. The molecule has 0 radical (unpaired) electrons. The van der Waals surface area contributed by atoms with Crippen molar-refractivity contribution in [1.29, 1.82) is 0 Å². The molecule has 4 heteroatoms. The van der Waals surface area contributed by atoms with Gasteiger partial charge in [-0.3, -0.25) is 0 Å². The van der Waals surface area contributed by atoms with Crippen LogP contribution in [0.25, 0.3) is 10.8 Å². The van der Waals surface area contributed by atoms with Gasteiger partial charge in [0.25, 0.3) is 0 Å². The number of hydrogen-bond donors (Lipinski definition) is 2. The molecule has 0 aliphatic heterocycles. The summed E-state index contributed by atoms with van der Waals surface area (Å²) in [6.45, 7) is 3.98. The molecule has 0 saturated carbocycles. The van der Waals surface area contributed by atoms with Crippen molar-refractivity contribution in [3.8, 4) is 0 Å². The van der Waals surface area contributed by atoms with Gasteiger partial charge in [0.05, 0.1) is 0 Å². The number of methoxy groups -OCH3 is 2. The predicted octanol–water partition coefficient (Wildman–Crippen LogP) is 2.96. The highest BCUT2D eigenvalue weighted by molar-refractivity contribution is 5.86. The molecule has 22 heavy (non-hydrogen) atoms. The average molecular weight is 303 g/mol. The Morgan fingerprint density at radius 3 is 2.45 bits per heavy atom. The molecular formula is C18H25NO3. The molecule has 120 valence electrons. The van der Waals surface area contributed by atoms with Gasteiger partial charge in [0, 0.05) is 20.6 Å². The van der Waals surface area contributed by atoms with Crippen molar-refractivity contribution in [3.05, 3.63) is 47.5 Å². The summed E-state index contributed by atoms with van der Waals surface area (Å²) in [5, 5.41) is 15.3. The molecule has 0 fully saturated rings. The Bertz CT molecular complexity index is 623. The predicted molar refractivity (Wildman–Crippen MR) is 88.6 cm³/mol. The summed E-state index contributed by atoms with van der Waals surface area (Å²) in [5.41, 5.74) is 2.32. The van der Waals surface area contributed by atoms with E-state index in [1.54, 1.807) is 14.2 Å². The lowest BCUT2D eigenvalue weighted by molar-refractivity contribution is -0.243. The molecule has 0 aliphatic carbocycles. The van der Waals surface area contributed by atoms with Gasteiger partial charge in [-0.25, -0.2) is 5.32 Å². The normalized spacial score (nSPS) is 13.5. The van der Waals surface area contributed by atoms with Crippen molar-refractivity contribution in [3.63, 3.8) is 0 Å². The summed E-state index contributed by atoms with van der Waals surface area (Å²) in [7, 11) is 3.17. The average Bonchev–Trinajstić information content (AvgIpc) is 2.56. The Morgan fingerprint density at radius 1 is 1.14 bits per heavy atom. The molecule has 0 aliphatic rings. The van der Waals surface area contributed by atoms with Gasteiger partial charge in [0.1, 0.15) is 6.23 Å². The topological polar surface area (TPSA) is 50.7 Å². The van der Waals surface area contributed by atoms with Crippen LogP contribution in [0.1, 0.15) is 24.5 Å². The van der Waals surface area contributed by atoms with Crippen LogP contribution in [0.3, 0.4) is 0 Å². The first kappa shape index (κ1) is 16.9. The zero-order valence-electron chi connectivity index (χ0n) is 13.7. The molecule has 1 atom stereocenters. The highest BCUT2D eigenvalue weighted by Gasteiger charge is 2.33. The van der Waals surface area contributed by atoms with Crippen LogP contribution in [0.5, 0.6) is 0 Å². The van der Waals surface area contributed by atoms with Crippen LogP contribution in [0.15, 0.2) is 36.4 Å². The lowest BCUT2D eigenvalue weighted by Gasteiger charge is -2.34. The second-order valence-corrected chi connectivity index (χ2v) is 5.49. The lowest BCUT2D eigenvalue weighted by atomic mass is 9.96. The van der Waals surface area contributed by atoms with Gasteiger partial charge in [0.2, 0.25) is 5.91 Å². The summed E-state index contributed by atoms with van der Waals surface area (Å²) >= 11 is 0. The largest absolute Gasteiger partial charge is 0.378 e. The van der Waals surface area contributed by atoms with E-state index in [1.807, 2.05) is 19.1 Å². The number of fused-ring (bicyclic) bond motifs is 1. The van der Waals surface area contributed by atoms with Crippen LogP contribution >= 0.6 is 0 Å². The number of ether oxygens (including phenoxy) is 2. The van der Waals surface area contributed by atoms with E-state index < -0.39 is 12.1 Å². The Morgan fingerprint density at radius 2 is 1.82 bits per heavy atom. The molecule has 2 aromatic rings. The summed E-state index contributed by atoms with van der Waals surface area (Å²) in [6.07, 6.45) is 0.392. The Balaban J connectivity index is 2.44. The Kier molecular flexibility index (Phi) is 5.53. The number of aliphatic hydroxyl groups is 1. The third-order valence-electron chi connectivity index (χ3n) is 4.12. The molecule has 2 N–H and O–H groups in total. The number of aryl methyl sites for hydroxylation is 1. The number of benzene rings is 2. The second-order valence-electron chi connectivity index (χ2n) is 5.49. The van der Waals surface area contributed by atoms with Crippen LogP contribution in [0.2, 0.25) is 0 Å². The minimum absolute atomic E-state index is 0.504. The fourth-order valence-electron chi connectivity index (χ4n) is 2.66. The van der Waals surface area contributed by atoms with E-state index in [4.69, 9.17) is 9.47 Å². The maximum atomic E-state index is 9.95. The van der Waals surface area contributed by atoms with E-state index in [0.29, 0.717) is 12.8 Å². The van der Waals surface area contributed by atoms with Crippen LogP contribution in [-0.2, 0) is 15.9 Å². The molecule has 1 unspecified atom stereocenters. The summed E-state index contributed by atoms with van der Waals surface area (Å²) < 4.78 is 11.1. The quantitative estimate of drug-likeness (QED) is 0.772. The van der Waals surface area contributed by atoms with Crippen molar-refractivity contribution < 1.29 is 14.6 Å². The van der Waals surface area contributed by atoms with Gasteiger partial charge >= 0.3 is 0 Å². The highest BCUT2D eigenvalue weighted by Crippen LogP contribution is 2.27. The third-order valence-corrected chi connectivity index (χ3v) is 4.12.